The van der Waals surface area contributed by atoms with E-state index in [4.69, 9.17) is 5.11 Å². The number of aliphatic hydroxyl groups is 1. The maximum Gasteiger partial charge on any atom is 0.0681 e. The molecule has 0 aliphatic carbocycles. The Kier molecular flexibility index (Phi) is 5.68. The van der Waals surface area contributed by atoms with Crippen LogP contribution in [-0.2, 0) is 6.61 Å². The molecule has 0 aliphatic heterocycles. The minimum atomic E-state index is 0.130. The third-order valence-electron chi connectivity index (χ3n) is 1.95. The van der Waals surface area contributed by atoms with Crippen molar-refractivity contribution in [1.82, 2.24) is 5.32 Å². The third-order valence-corrected chi connectivity index (χ3v) is 3.04. The number of hydrogen-bond donors (Lipinski definition) is 2. The Labute approximate surface area is 89.7 Å². The van der Waals surface area contributed by atoms with E-state index in [0.29, 0.717) is 0 Å². The van der Waals surface area contributed by atoms with Crippen molar-refractivity contribution in [2.75, 3.05) is 19.3 Å². The predicted octanol–water partition coefficient (Wildman–Crippen LogP) is 1.88. The highest BCUT2D eigenvalue weighted by atomic mass is 32.2. The Balaban J connectivity index is 2.29. The fraction of sp³-hybridized carbons (Fsp3) is 0.455. The summed E-state index contributed by atoms with van der Waals surface area (Å²) in [5.41, 5.74) is 0.976. The van der Waals surface area contributed by atoms with E-state index in [0.717, 1.165) is 17.9 Å². The molecule has 0 spiro atoms. The maximum absolute atomic E-state index is 8.86. The zero-order chi connectivity index (χ0) is 10.2. The quantitative estimate of drug-likeness (QED) is 0.556. The molecule has 1 rings (SSSR count). The summed E-state index contributed by atoms with van der Waals surface area (Å²) in [5, 5.41) is 12.0. The Morgan fingerprint density at radius 3 is 2.57 bits per heavy atom. The van der Waals surface area contributed by atoms with Crippen molar-refractivity contribution in [1.29, 1.82) is 0 Å². The predicted molar refractivity (Wildman–Crippen MR) is 61.6 cm³/mol. The number of thioether (sulfide) groups is 1. The first-order valence-electron chi connectivity index (χ1n) is 4.84. The first-order valence-corrected chi connectivity index (χ1v) is 5.82. The highest BCUT2D eigenvalue weighted by molar-refractivity contribution is 7.99. The summed E-state index contributed by atoms with van der Waals surface area (Å²) in [5.74, 6) is 1.14. The van der Waals surface area contributed by atoms with Crippen LogP contribution in [0.3, 0.4) is 0 Å². The van der Waals surface area contributed by atoms with Gasteiger partial charge < -0.3 is 10.4 Å². The number of rotatable bonds is 6. The minimum absolute atomic E-state index is 0.130. The molecule has 0 amide bonds. The summed E-state index contributed by atoms with van der Waals surface area (Å²) < 4.78 is 0. The Morgan fingerprint density at radius 1 is 1.29 bits per heavy atom. The van der Waals surface area contributed by atoms with Crippen LogP contribution in [0.15, 0.2) is 29.2 Å². The Morgan fingerprint density at radius 2 is 2.00 bits per heavy atom. The van der Waals surface area contributed by atoms with Crippen LogP contribution >= 0.6 is 11.8 Å². The molecule has 0 aromatic heterocycles. The lowest BCUT2D eigenvalue weighted by Crippen LogP contribution is -2.07. The van der Waals surface area contributed by atoms with E-state index in [1.165, 1.54) is 11.3 Å². The maximum atomic E-state index is 8.86. The summed E-state index contributed by atoms with van der Waals surface area (Å²) >= 11 is 1.86. The first kappa shape index (κ1) is 11.6. The topological polar surface area (TPSA) is 32.3 Å². The molecular formula is C11H17NOS. The number of hydrogen-bond acceptors (Lipinski definition) is 3. The van der Waals surface area contributed by atoms with Gasteiger partial charge in [0.25, 0.3) is 0 Å². The molecule has 0 saturated carbocycles. The van der Waals surface area contributed by atoms with E-state index in [-0.39, 0.29) is 6.61 Å². The van der Waals surface area contributed by atoms with Crippen molar-refractivity contribution in [3.63, 3.8) is 0 Å². The molecule has 0 saturated heterocycles. The van der Waals surface area contributed by atoms with E-state index in [2.05, 4.69) is 17.4 Å². The lowest BCUT2D eigenvalue weighted by Gasteiger charge is -2.02. The normalized spacial score (nSPS) is 10.4. The van der Waals surface area contributed by atoms with Crippen molar-refractivity contribution in [3.8, 4) is 0 Å². The SMILES string of the molecule is CNCCCSc1ccc(CO)cc1. The van der Waals surface area contributed by atoms with E-state index in [9.17, 15) is 0 Å². The molecule has 2 N–H and O–H groups in total. The van der Waals surface area contributed by atoms with Gasteiger partial charge in [-0.2, -0.15) is 0 Å². The van der Waals surface area contributed by atoms with Gasteiger partial charge in [-0.15, -0.1) is 11.8 Å². The van der Waals surface area contributed by atoms with Crippen molar-refractivity contribution in [2.45, 2.75) is 17.9 Å². The second-order valence-corrected chi connectivity index (χ2v) is 4.28. The largest absolute Gasteiger partial charge is 0.392 e. The van der Waals surface area contributed by atoms with Crippen LogP contribution in [0.5, 0.6) is 0 Å². The van der Waals surface area contributed by atoms with Crippen LogP contribution in [0.25, 0.3) is 0 Å². The fourth-order valence-electron chi connectivity index (χ4n) is 1.13. The molecule has 78 valence electrons. The van der Waals surface area contributed by atoms with Crippen molar-refractivity contribution >= 4 is 11.8 Å². The average Bonchev–Trinajstić information content (AvgIpc) is 2.25. The molecule has 14 heavy (non-hydrogen) atoms. The molecular weight excluding hydrogens is 194 g/mol. The van der Waals surface area contributed by atoms with Crippen LogP contribution in [0, 0.1) is 0 Å². The lowest BCUT2D eigenvalue weighted by atomic mass is 10.2. The summed E-state index contributed by atoms with van der Waals surface area (Å²) in [4.78, 5) is 1.28. The zero-order valence-electron chi connectivity index (χ0n) is 8.49. The smallest absolute Gasteiger partial charge is 0.0681 e. The molecule has 0 radical (unpaired) electrons. The molecule has 0 aliphatic rings. The van der Waals surface area contributed by atoms with Crippen LogP contribution < -0.4 is 5.32 Å². The highest BCUT2D eigenvalue weighted by Crippen LogP contribution is 2.18. The van der Waals surface area contributed by atoms with Gasteiger partial charge in [-0.05, 0) is 43.5 Å². The van der Waals surface area contributed by atoms with Gasteiger partial charge in [0.1, 0.15) is 0 Å². The summed E-state index contributed by atoms with van der Waals surface area (Å²) in [6.45, 7) is 1.20. The van der Waals surface area contributed by atoms with Gasteiger partial charge in [0.05, 0.1) is 6.61 Å². The summed E-state index contributed by atoms with van der Waals surface area (Å²) in [7, 11) is 1.97. The van der Waals surface area contributed by atoms with E-state index < -0.39 is 0 Å². The molecule has 1 aromatic rings. The standard InChI is InChI=1S/C11H17NOS/c1-12-7-2-8-14-11-5-3-10(9-13)4-6-11/h3-6,12-13H,2,7-9H2,1H3. The molecule has 0 heterocycles. The van der Waals surface area contributed by atoms with Gasteiger partial charge >= 0.3 is 0 Å². The number of nitrogens with one attached hydrogen (secondary N) is 1. The molecule has 2 nitrogen and oxygen atoms in total. The van der Waals surface area contributed by atoms with Gasteiger partial charge in [0.2, 0.25) is 0 Å². The van der Waals surface area contributed by atoms with Crippen LogP contribution in [0.4, 0.5) is 0 Å². The highest BCUT2D eigenvalue weighted by Gasteiger charge is 1.94. The Bertz CT molecular complexity index is 248. The van der Waals surface area contributed by atoms with E-state index in [1.54, 1.807) is 0 Å². The van der Waals surface area contributed by atoms with Crippen LogP contribution in [-0.4, -0.2) is 24.5 Å². The monoisotopic (exact) mass is 211 g/mol. The first-order chi connectivity index (χ1) is 6.86. The average molecular weight is 211 g/mol. The molecule has 0 fully saturated rings. The number of aliphatic hydroxyl groups excluding tert-OH is 1. The zero-order valence-corrected chi connectivity index (χ0v) is 9.31. The molecule has 0 unspecified atom stereocenters. The minimum Gasteiger partial charge on any atom is -0.392 e. The molecule has 1 aromatic carbocycles. The summed E-state index contributed by atoms with van der Waals surface area (Å²) in [6.07, 6.45) is 1.18. The lowest BCUT2D eigenvalue weighted by molar-refractivity contribution is 0.282. The number of benzene rings is 1. The molecule has 0 atom stereocenters. The van der Waals surface area contributed by atoms with Crippen molar-refractivity contribution in [3.05, 3.63) is 29.8 Å². The third kappa shape index (κ3) is 4.13. The van der Waals surface area contributed by atoms with Crippen LogP contribution in [0.2, 0.25) is 0 Å². The van der Waals surface area contributed by atoms with Gasteiger partial charge in [0, 0.05) is 4.90 Å². The van der Waals surface area contributed by atoms with Gasteiger partial charge in [-0.3, -0.25) is 0 Å². The van der Waals surface area contributed by atoms with Crippen molar-refractivity contribution < 1.29 is 5.11 Å². The molecule has 0 bridgehead atoms. The van der Waals surface area contributed by atoms with Crippen LogP contribution in [0.1, 0.15) is 12.0 Å². The second kappa shape index (κ2) is 6.87. The van der Waals surface area contributed by atoms with Gasteiger partial charge in [-0.1, -0.05) is 12.1 Å². The van der Waals surface area contributed by atoms with Gasteiger partial charge in [-0.25, -0.2) is 0 Å². The van der Waals surface area contributed by atoms with E-state index in [1.807, 2.05) is 30.9 Å². The summed E-state index contributed by atoms with van der Waals surface area (Å²) in [6, 6.07) is 8.08. The molecule has 3 heteroatoms. The Hall–Kier alpha value is -0.510. The van der Waals surface area contributed by atoms with E-state index >= 15 is 0 Å². The fourth-order valence-corrected chi connectivity index (χ4v) is 1.98. The second-order valence-electron chi connectivity index (χ2n) is 3.11. The van der Waals surface area contributed by atoms with Crippen molar-refractivity contribution in [2.24, 2.45) is 0 Å². The van der Waals surface area contributed by atoms with Gasteiger partial charge in [0.15, 0.2) is 0 Å².